The van der Waals surface area contributed by atoms with Gasteiger partial charge < -0.3 is 5.11 Å². The number of aryl methyl sites for hydroxylation is 1. The van der Waals surface area contributed by atoms with E-state index in [9.17, 15) is 4.79 Å². The average molecular weight is 198 g/mol. The molecule has 13 heavy (non-hydrogen) atoms. The summed E-state index contributed by atoms with van der Waals surface area (Å²) in [6, 6.07) is 1.70. The molecule has 68 valence electrons. The molecule has 0 aliphatic heterocycles. The molecule has 0 spiro atoms. The van der Waals surface area contributed by atoms with E-state index in [1.54, 1.807) is 12.3 Å². The van der Waals surface area contributed by atoms with Crippen LogP contribution in [0.4, 0.5) is 0 Å². The molecule has 1 aliphatic rings. The third-order valence-corrected chi connectivity index (χ3v) is 2.52. The first-order chi connectivity index (χ1) is 6.18. The molecule has 1 unspecified atom stereocenters. The van der Waals surface area contributed by atoms with E-state index in [-0.39, 0.29) is 0 Å². The molecule has 1 aromatic heterocycles. The fourth-order valence-electron chi connectivity index (χ4n) is 1.69. The Hall–Kier alpha value is -1.09. The standard InChI is InChI=1S/C9H8ClNO2/c10-5-3-7-6(9(12)13)1-2-8(7)11-4-5/h3-4,6H,1-2H2,(H,12,13). The van der Waals surface area contributed by atoms with E-state index in [1.165, 1.54) is 0 Å². The molecule has 0 saturated carbocycles. The molecule has 0 aromatic carbocycles. The maximum atomic E-state index is 10.8. The van der Waals surface area contributed by atoms with Crippen LogP contribution in [-0.4, -0.2) is 16.1 Å². The molecule has 0 fully saturated rings. The van der Waals surface area contributed by atoms with Gasteiger partial charge in [-0.1, -0.05) is 11.6 Å². The van der Waals surface area contributed by atoms with Crippen LogP contribution in [0.3, 0.4) is 0 Å². The van der Waals surface area contributed by atoms with Crippen LogP contribution in [0.2, 0.25) is 5.02 Å². The van der Waals surface area contributed by atoms with Crippen molar-refractivity contribution in [3.8, 4) is 0 Å². The summed E-state index contributed by atoms with van der Waals surface area (Å²) in [7, 11) is 0. The number of carboxylic acids is 1. The van der Waals surface area contributed by atoms with Crippen molar-refractivity contribution in [2.45, 2.75) is 18.8 Å². The van der Waals surface area contributed by atoms with Gasteiger partial charge in [-0.15, -0.1) is 0 Å². The molecule has 1 heterocycles. The van der Waals surface area contributed by atoms with Crippen LogP contribution in [0.5, 0.6) is 0 Å². The lowest BCUT2D eigenvalue weighted by Crippen LogP contribution is -2.07. The van der Waals surface area contributed by atoms with Gasteiger partial charge in [0.15, 0.2) is 0 Å². The molecule has 1 N–H and O–H groups in total. The summed E-state index contributed by atoms with van der Waals surface area (Å²) in [5.74, 6) is -1.20. The molecule has 4 heteroatoms. The van der Waals surface area contributed by atoms with Gasteiger partial charge in [0.25, 0.3) is 0 Å². The quantitative estimate of drug-likeness (QED) is 0.748. The van der Waals surface area contributed by atoms with Gasteiger partial charge in [0, 0.05) is 11.9 Å². The number of pyridine rings is 1. The zero-order valence-corrected chi connectivity index (χ0v) is 7.58. The van der Waals surface area contributed by atoms with E-state index in [4.69, 9.17) is 16.7 Å². The number of fused-ring (bicyclic) bond motifs is 1. The highest BCUT2D eigenvalue weighted by Crippen LogP contribution is 2.33. The van der Waals surface area contributed by atoms with E-state index >= 15 is 0 Å². The fraction of sp³-hybridized carbons (Fsp3) is 0.333. The number of nitrogens with zero attached hydrogens (tertiary/aromatic N) is 1. The molecule has 1 atom stereocenters. The lowest BCUT2D eigenvalue weighted by molar-refractivity contribution is -0.138. The van der Waals surface area contributed by atoms with Gasteiger partial charge in [0.1, 0.15) is 0 Å². The van der Waals surface area contributed by atoms with Gasteiger partial charge >= 0.3 is 5.97 Å². The number of hydrogen-bond acceptors (Lipinski definition) is 2. The van der Waals surface area contributed by atoms with Gasteiger partial charge in [0.05, 0.1) is 10.9 Å². The van der Waals surface area contributed by atoms with Gasteiger partial charge in [0.2, 0.25) is 0 Å². The lowest BCUT2D eigenvalue weighted by Gasteiger charge is -2.04. The fourth-order valence-corrected chi connectivity index (χ4v) is 1.85. The largest absolute Gasteiger partial charge is 0.481 e. The monoisotopic (exact) mass is 197 g/mol. The first kappa shape index (κ1) is 8.51. The molecule has 1 aromatic rings. The van der Waals surface area contributed by atoms with Crippen LogP contribution in [0.1, 0.15) is 23.6 Å². The molecule has 0 radical (unpaired) electrons. The van der Waals surface area contributed by atoms with Crippen LogP contribution >= 0.6 is 11.6 Å². The molecular weight excluding hydrogens is 190 g/mol. The smallest absolute Gasteiger partial charge is 0.311 e. The summed E-state index contributed by atoms with van der Waals surface area (Å²) >= 11 is 5.74. The van der Waals surface area contributed by atoms with Crippen LogP contribution in [0.15, 0.2) is 12.3 Å². The van der Waals surface area contributed by atoms with E-state index in [0.717, 1.165) is 17.7 Å². The lowest BCUT2D eigenvalue weighted by atomic mass is 10.0. The van der Waals surface area contributed by atoms with Crippen molar-refractivity contribution in [2.75, 3.05) is 0 Å². The molecular formula is C9H8ClNO2. The number of carbonyl (C=O) groups is 1. The highest BCUT2D eigenvalue weighted by molar-refractivity contribution is 6.30. The third kappa shape index (κ3) is 1.40. The zero-order valence-electron chi connectivity index (χ0n) is 6.83. The molecule has 0 saturated heterocycles. The van der Waals surface area contributed by atoms with E-state index in [1.807, 2.05) is 0 Å². The Kier molecular flexibility index (Phi) is 1.96. The molecule has 1 aliphatic carbocycles. The predicted octanol–water partition coefficient (Wildman–Crippen LogP) is 1.85. The number of aromatic nitrogens is 1. The number of hydrogen-bond donors (Lipinski definition) is 1. The summed E-state index contributed by atoms with van der Waals surface area (Å²) < 4.78 is 0. The van der Waals surface area contributed by atoms with Crippen molar-refractivity contribution in [3.63, 3.8) is 0 Å². The van der Waals surface area contributed by atoms with Crippen molar-refractivity contribution in [3.05, 3.63) is 28.5 Å². The van der Waals surface area contributed by atoms with Gasteiger partial charge in [-0.2, -0.15) is 0 Å². The second kappa shape index (κ2) is 3.00. The Morgan fingerprint density at radius 2 is 2.46 bits per heavy atom. The van der Waals surface area contributed by atoms with Crippen molar-refractivity contribution in [2.24, 2.45) is 0 Å². The maximum absolute atomic E-state index is 10.8. The van der Waals surface area contributed by atoms with Crippen LogP contribution in [0.25, 0.3) is 0 Å². The second-order valence-corrected chi connectivity index (χ2v) is 3.56. The zero-order chi connectivity index (χ0) is 9.42. The first-order valence-electron chi connectivity index (χ1n) is 4.05. The average Bonchev–Trinajstić information content (AvgIpc) is 2.46. The first-order valence-corrected chi connectivity index (χ1v) is 4.43. The normalized spacial score (nSPS) is 19.9. The number of halogens is 1. The highest BCUT2D eigenvalue weighted by atomic mass is 35.5. The third-order valence-electron chi connectivity index (χ3n) is 2.31. The van der Waals surface area contributed by atoms with Crippen LogP contribution in [-0.2, 0) is 11.2 Å². The van der Waals surface area contributed by atoms with Crippen molar-refractivity contribution in [1.82, 2.24) is 4.98 Å². The second-order valence-electron chi connectivity index (χ2n) is 3.12. The number of carboxylic acid groups (broad SMARTS) is 1. The molecule has 0 amide bonds. The molecule has 0 bridgehead atoms. The molecule has 3 nitrogen and oxygen atoms in total. The molecule has 2 rings (SSSR count). The highest BCUT2D eigenvalue weighted by Gasteiger charge is 2.29. The van der Waals surface area contributed by atoms with Crippen LogP contribution in [0, 0.1) is 0 Å². The van der Waals surface area contributed by atoms with Gasteiger partial charge in [-0.05, 0) is 24.5 Å². The summed E-state index contributed by atoms with van der Waals surface area (Å²) in [5, 5.41) is 9.39. The van der Waals surface area contributed by atoms with Crippen molar-refractivity contribution < 1.29 is 9.90 Å². The van der Waals surface area contributed by atoms with Crippen molar-refractivity contribution in [1.29, 1.82) is 0 Å². The van der Waals surface area contributed by atoms with Gasteiger partial charge in [-0.3, -0.25) is 9.78 Å². The Morgan fingerprint density at radius 3 is 3.15 bits per heavy atom. The Labute approximate surface area is 80.4 Å². The Morgan fingerprint density at radius 1 is 1.69 bits per heavy atom. The van der Waals surface area contributed by atoms with Crippen LogP contribution < -0.4 is 0 Å². The summed E-state index contributed by atoms with van der Waals surface area (Å²) in [4.78, 5) is 14.9. The minimum atomic E-state index is -0.789. The Bertz CT molecular complexity index is 365. The van der Waals surface area contributed by atoms with E-state index in [2.05, 4.69) is 4.98 Å². The summed E-state index contributed by atoms with van der Waals surface area (Å²) in [6.45, 7) is 0. The SMILES string of the molecule is O=C(O)C1CCc2ncc(Cl)cc21. The van der Waals surface area contributed by atoms with E-state index < -0.39 is 11.9 Å². The van der Waals surface area contributed by atoms with Gasteiger partial charge in [-0.25, -0.2) is 0 Å². The minimum absolute atomic E-state index is 0.416. The Balaban J connectivity index is 2.46. The van der Waals surface area contributed by atoms with Crippen molar-refractivity contribution >= 4 is 17.6 Å². The number of aliphatic carboxylic acids is 1. The summed E-state index contributed by atoms with van der Waals surface area (Å²) in [6.07, 6.45) is 2.94. The maximum Gasteiger partial charge on any atom is 0.311 e. The predicted molar refractivity (Wildman–Crippen MR) is 47.9 cm³/mol. The summed E-state index contributed by atoms with van der Waals surface area (Å²) in [5.41, 5.74) is 1.65. The van der Waals surface area contributed by atoms with E-state index in [0.29, 0.717) is 11.4 Å². The minimum Gasteiger partial charge on any atom is -0.481 e. The topological polar surface area (TPSA) is 50.2 Å². The number of rotatable bonds is 1.